The van der Waals surface area contributed by atoms with Crippen molar-refractivity contribution in [1.82, 2.24) is 9.47 Å². The van der Waals surface area contributed by atoms with Gasteiger partial charge in [-0.2, -0.15) is 13.2 Å². The van der Waals surface area contributed by atoms with Crippen molar-refractivity contribution in [2.75, 3.05) is 11.9 Å². The Bertz CT molecular complexity index is 1040. The highest BCUT2D eigenvalue weighted by Crippen LogP contribution is 2.30. The lowest BCUT2D eigenvalue weighted by Crippen LogP contribution is -2.36. The zero-order valence-corrected chi connectivity index (χ0v) is 18.3. The van der Waals surface area contributed by atoms with Gasteiger partial charge in [-0.1, -0.05) is 43.7 Å². The number of carbonyl (C=O) groups is 1. The first-order valence-electron chi connectivity index (χ1n) is 10.7. The quantitative estimate of drug-likeness (QED) is 0.413. The molecule has 0 radical (unpaired) electrons. The summed E-state index contributed by atoms with van der Waals surface area (Å²) >= 11 is 0. The average Bonchev–Trinajstić information content (AvgIpc) is 3.19. The number of anilines is 1. The summed E-state index contributed by atoms with van der Waals surface area (Å²) in [5, 5.41) is 2.63. The fourth-order valence-corrected chi connectivity index (χ4v) is 3.49. The lowest BCUT2D eigenvalue weighted by molar-refractivity contribution is -0.137. The molecule has 3 aromatic rings. The molecule has 0 bridgehead atoms. The lowest BCUT2D eigenvalue weighted by Gasteiger charge is -2.24. The monoisotopic (exact) mass is 443 g/mol. The Morgan fingerprint density at radius 2 is 1.84 bits per heavy atom. The van der Waals surface area contributed by atoms with Crippen LogP contribution in [0.15, 0.2) is 66.9 Å². The number of aromatic nitrogens is 1. The molecule has 2 amide bonds. The topological polar surface area (TPSA) is 37.3 Å². The molecule has 2 aromatic carbocycles. The summed E-state index contributed by atoms with van der Waals surface area (Å²) < 4.78 is 41.1. The van der Waals surface area contributed by atoms with Crippen LogP contribution in [0.2, 0.25) is 0 Å². The van der Waals surface area contributed by atoms with Gasteiger partial charge in [-0.05, 0) is 54.8 Å². The number of halogens is 3. The van der Waals surface area contributed by atoms with Gasteiger partial charge >= 0.3 is 12.2 Å². The van der Waals surface area contributed by atoms with Crippen molar-refractivity contribution in [3.63, 3.8) is 0 Å². The maximum Gasteiger partial charge on any atom is 0.416 e. The van der Waals surface area contributed by atoms with Crippen LogP contribution >= 0.6 is 0 Å². The summed E-state index contributed by atoms with van der Waals surface area (Å²) in [7, 11) is 0. The minimum Gasteiger partial charge on any atom is -0.345 e. The summed E-state index contributed by atoms with van der Waals surface area (Å²) in [4.78, 5) is 14.6. The first-order chi connectivity index (χ1) is 15.3. The molecular formula is C25H28F3N3O. The maximum absolute atomic E-state index is 13.0. The Labute approximate surface area is 186 Å². The Hall–Kier alpha value is -3.22. The van der Waals surface area contributed by atoms with E-state index in [9.17, 15) is 18.0 Å². The molecule has 0 atom stereocenters. The van der Waals surface area contributed by atoms with E-state index in [1.165, 1.54) is 23.3 Å². The van der Waals surface area contributed by atoms with E-state index >= 15 is 0 Å². The molecule has 1 aromatic heterocycles. The van der Waals surface area contributed by atoms with Gasteiger partial charge in [0.1, 0.15) is 0 Å². The number of hydrogen-bond donors (Lipinski definition) is 1. The molecule has 4 nitrogen and oxygen atoms in total. The number of benzene rings is 2. The van der Waals surface area contributed by atoms with Gasteiger partial charge < -0.3 is 14.8 Å². The zero-order chi connectivity index (χ0) is 23.1. The minimum absolute atomic E-state index is 0.126. The summed E-state index contributed by atoms with van der Waals surface area (Å²) in [6, 6.07) is 16.3. The fourth-order valence-electron chi connectivity index (χ4n) is 3.49. The Morgan fingerprint density at radius 1 is 1.06 bits per heavy atom. The average molecular weight is 444 g/mol. The number of urea groups is 1. The van der Waals surface area contributed by atoms with Crippen LogP contribution in [-0.2, 0) is 19.3 Å². The number of carbonyl (C=O) groups excluding carboxylic acids is 1. The standard InChI is InChI=1S/C25H28F3N3O/c1-3-4-14-31(24(32)29-22-12-7-11-21(16-22)25(26,27)28)18-23-13-8-15-30(23)17-20-10-6-5-9-19(20)2/h5-13,15-16H,3-4,14,17-18H2,1-2H3,(H,29,32). The smallest absolute Gasteiger partial charge is 0.345 e. The van der Waals surface area contributed by atoms with E-state index < -0.39 is 17.8 Å². The number of hydrogen-bond acceptors (Lipinski definition) is 1. The highest BCUT2D eigenvalue weighted by atomic mass is 19.4. The first-order valence-corrected chi connectivity index (χ1v) is 10.7. The molecule has 7 heteroatoms. The molecule has 1 N–H and O–H groups in total. The molecule has 3 rings (SSSR count). The molecule has 0 saturated carbocycles. The van der Waals surface area contributed by atoms with Crippen LogP contribution in [0.3, 0.4) is 0 Å². The van der Waals surface area contributed by atoms with Gasteiger partial charge in [0.05, 0.1) is 12.1 Å². The van der Waals surface area contributed by atoms with Crippen molar-refractivity contribution < 1.29 is 18.0 Å². The lowest BCUT2D eigenvalue weighted by atomic mass is 10.1. The van der Waals surface area contributed by atoms with Crippen LogP contribution in [0.1, 0.15) is 42.1 Å². The van der Waals surface area contributed by atoms with Crippen LogP contribution in [0, 0.1) is 6.92 Å². The number of amides is 2. The van der Waals surface area contributed by atoms with E-state index in [-0.39, 0.29) is 5.69 Å². The van der Waals surface area contributed by atoms with Gasteiger partial charge in [-0.25, -0.2) is 4.79 Å². The summed E-state index contributed by atoms with van der Waals surface area (Å²) in [5.41, 5.74) is 2.68. The number of nitrogens with zero attached hydrogens (tertiary/aromatic N) is 2. The van der Waals surface area contributed by atoms with Crippen LogP contribution in [0.25, 0.3) is 0 Å². The van der Waals surface area contributed by atoms with Crippen LogP contribution in [-0.4, -0.2) is 22.0 Å². The van der Waals surface area contributed by atoms with Crippen molar-refractivity contribution in [2.45, 2.75) is 46.0 Å². The number of aryl methyl sites for hydroxylation is 1. The highest BCUT2D eigenvalue weighted by Gasteiger charge is 2.30. The van der Waals surface area contributed by atoms with Crippen LogP contribution in [0.4, 0.5) is 23.7 Å². The second kappa shape index (κ2) is 10.4. The molecule has 0 aliphatic heterocycles. The van der Waals surface area contributed by atoms with Crippen molar-refractivity contribution in [1.29, 1.82) is 0 Å². The van der Waals surface area contributed by atoms with Gasteiger partial charge in [0, 0.05) is 30.7 Å². The second-order valence-electron chi connectivity index (χ2n) is 7.84. The molecule has 0 saturated heterocycles. The number of rotatable bonds is 8. The fraction of sp³-hybridized carbons (Fsp3) is 0.320. The van der Waals surface area contributed by atoms with Crippen molar-refractivity contribution in [3.05, 3.63) is 89.2 Å². The number of alkyl halides is 3. The van der Waals surface area contributed by atoms with E-state index in [2.05, 4.69) is 28.9 Å². The van der Waals surface area contributed by atoms with E-state index in [1.54, 1.807) is 4.90 Å². The summed E-state index contributed by atoms with van der Waals surface area (Å²) in [6.07, 6.45) is -0.782. The molecule has 0 aliphatic carbocycles. The molecule has 1 heterocycles. The van der Waals surface area contributed by atoms with Gasteiger partial charge in [0.2, 0.25) is 0 Å². The third-order valence-electron chi connectivity index (χ3n) is 5.39. The van der Waals surface area contributed by atoms with E-state index in [1.807, 2.05) is 37.4 Å². The number of nitrogens with one attached hydrogen (secondary N) is 1. The molecule has 32 heavy (non-hydrogen) atoms. The predicted octanol–water partition coefficient (Wildman–Crippen LogP) is 6.70. The van der Waals surface area contributed by atoms with Crippen LogP contribution in [0.5, 0.6) is 0 Å². The molecule has 170 valence electrons. The third-order valence-corrected chi connectivity index (χ3v) is 5.39. The van der Waals surface area contributed by atoms with Gasteiger partial charge in [0.15, 0.2) is 0 Å². The zero-order valence-electron chi connectivity index (χ0n) is 18.3. The Kier molecular flexibility index (Phi) is 7.62. The SMILES string of the molecule is CCCCN(Cc1cccn1Cc1ccccc1C)C(=O)Nc1cccc(C(F)(F)F)c1. The van der Waals surface area contributed by atoms with E-state index in [0.29, 0.717) is 19.6 Å². The first kappa shape index (κ1) is 23.4. The molecular weight excluding hydrogens is 415 g/mol. The van der Waals surface area contributed by atoms with Gasteiger partial charge in [-0.3, -0.25) is 0 Å². The third kappa shape index (κ3) is 6.15. The molecule has 0 fully saturated rings. The second-order valence-corrected chi connectivity index (χ2v) is 7.84. The van der Waals surface area contributed by atoms with Crippen LogP contribution < -0.4 is 5.32 Å². The van der Waals surface area contributed by atoms with Crippen molar-refractivity contribution in [2.24, 2.45) is 0 Å². The normalized spacial score (nSPS) is 11.4. The maximum atomic E-state index is 13.0. The van der Waals surface area contributed by atoms with E-state index in [0.717, 1.165) is 30.7 Å². The molecule has 0 unspecified atom stereocenters. The Balaban J connectivity index is 1.76. The van der Waals surface area contributed by atoms with Gasteiger partial charge in [0.25, 0.3) is 0 Å². The predicted molar refractivity (Wildman–Crippen MR) is 120 cm³/mol. The summed E-state index contributed by atoms with van der Waals surface area (Å²) in [5.74, 6) is 0. The minimum atomic E-state index is -4.46. The van der Waals surface area contributed by atoms with Crippen molar-refractivity contribution >= 4 is 11.7 Å². The van der Waals surface area contributed by atoms with E-state index in [4.69, 9.17) is 0 Å². The Morgan fingerprint density at radius 3 is 2.56 bits per heavy atom. The molecule has 0 aliphatic rings. The number of unbranched alkanes of at least 4 members (excludes halogenated alkanes) is 1. The molecule has 0 spiro atoms. The largest absolute Gasteiger partial charge is 0.416 e. The summed E-state index contributed by atoms with van der Waals surface area (Å²) in [6.45, 7) is 5.66. The van der Waals surface area contributed by atoms with Crippen molar-refractivity contribution in [3.8, 4) is 0 Å². The highest BCUT2D eigenvalue weighted by molar-refractivity contribution is 5.89. The van der Waals surface area contributed by atoms with Gasteiger partial charge in [-0.15, -0.1) is 0 Å².